The van der Waals surface area contributed by atoms with Crippen molar-refractivity contribution in [2.75, 3.05) is 24.3 Å². The molecule has 1 amide bonds. The van der Waals surface area contributed by atoms with Crippen molar-refractivity contribution in [3.63, 3.8) is 0 Å². The number of nitrogens with one attached hydrogen (secondary N) is 1. The molecule has 108 valence electrons. The van der Waals surface area contributed by atoms with Gasteiger partial charge in [-0.15, -0.1) is 0 Å². The highest BCUT2D eigenvalue weighted by molar-refractivity contribution is 6.05. The zero-order valence-corrected chi connectivity index (χ0v) is 11.8. The Bertz CT molecular complexity index is 681. The Morgan fingerprint density at radius 1 is 1.00 bits per heavy atom. The Morgan fingerprint density at radius 3 is 2.33 bits per heavy atom. The highest BCUT2D eigenvalue weighted by atomic mass is 16.4. The monoisotopic (exact) mass is 284 g/mol. The van der Waals surface area contributed by atoms with E-state index in [2.05, 4.69) is 5.32 Å². The van der Waals surface area contributed by atoms with Crippen LogP contribution in [0, 0.1) is 0 Å². The van der Waals surface area contributed by atoms with Gasteiger partial charge in [-0.1, -0.05) is 12.1 Å². The average molecular weight is 284 g/mol. The quantitative estimate of drug-likeness (QED) is 0.905. The van der Waals surface area contributed by atoms with Crippen LogP contribution in [0.2, 0.25) is 0 Å². The van der Waals surface area contributed by atoms with E-state index < -0.39 is 5.97 Å². The first-order valence-electron chi connectivity index (χ1n) is 6.39. The summed E-state index contributed by atoms with van der Waals surface area (Å²) in [5, 5.41) is 11.6. The van der Waals surface area contributed by atoms with Gasteiger partial charge in [0, 0.05) is 31.0 Å². The van der Waals surface area contributed by atoms with E-state index in [0.29, 0.717) is 11.3 Å². The van der Waals surface area contributed by atoms with Crippen molar-refractivity contribution in [3.05, 3.63) is 59.7 Å². The minimum absolute atomic E-state index is 0.134. The SMILES string of the molecule is CN(C)c1cccc(C(=O)Nc2cccc(C(=O)O)c2)c1. The lowest BCUT2D eigenvalue weighted by Gasteiger charge is -2.13. The van der Waals surface area contributed by atoms with Crippen LogP contribution in [-0.2, 0) is 0 Å². The van der Waals surface area contributed by atoms with Gasteiger partial charge in [0.15, 0.2) is 0 Å². The number of carboxylic acid groups (broad SMARTS) is 1. The Morgan fingerprint density at radius 2 is 1.67 bits per heavy atom. The van der Waals surface area contributed by atoms with E-state index in [-0.39, 0.29) is 11.5 Å². The van der Waals surface area contributed by atoms with Gasteiger partial charge >= 0.3 is 5.97 Å². The first-order valence-corrected chi connectivity index (χ1v) is 6.39. The standard InChI is InChI=1S/C16H16N2O3/c1-18(2)14-8-4-5-11(10-14)15(19)17-13-7-3-6-12(9-13)16(20)21/h3-10H,1-2H3,(H,17,19)(H,20,21). The molecule has 0 aliphatic carbocycles. The van der Waals surface area contributed by atoms with Crippen molar-refractivity contribution in [1.29, 1.82) is 0 Å². The highest BCUT2D eigenvalue weighted by Crippen LogP contribution is 2.16. The van der Waals surface area contributed by atoms with Crippen LogP contribution in [0.3, 0.4) is 0 Å². The molecule has 2 aromatic rings. The lowest BCUT2D eigenvalue weighted by molar-refractivity contribution is 0.0696. The smallest absolute Gasteiger partial charge is 0.335 e. The zero-order chi connectivity index (χ0) is 15.4. The van der Waals surface area contributed by atoms with Gasteiger partial charge in [0.1, 0.15) is 0 Å². The molecule has 0 unspecified atom stereocenters. The topological polar surface area (TPSA) is 69.6 Å². The molecule has 2 rings (SSSR count). The van der Waals surface area contributed by atoms with Crippen molar-refractivity contribution in [1.82, 2.24) is 0 Å². The van der Waals surface area contributed by atoms with Gasteiger partial charge in [0.05, 0.1) is 5.56 Å². The minimum Gasteiger partial charge on any atom is -0.478 e. The lowest BCUT2D eigenvalue weighted by atomic mass is 10.1. The Kier molecular flexibility index (Phi) is 4.23. The third-order valence-corrected chi connectivity index (χ3v) is 2.99. The fraction of sp³-hybridized carbons (Fsp3) is 0.125. The third kappa shape index (κ3) is 3.60. The number of anilines is 2. The van der Waals surface area contributed by atoms with Crippen molar-refractivity contribution in [3.8, 4) is 0 Å². The summed E-state index contributed by atoms with van der Waals surface area (Å²) in [7, 11) is 3.79. The Labute approximate surface area is 122 Å². The number of hydrogen-bond acceptors (Lipinski definition) is 3. The average Bonchev–Trinajstić information content (AvgIpc) is 2.47. The molecule has 0 aliphatic heterocycles. The van der Waals surface area contributed by atoms with Crippen LogP contribution in [0.25, 0.3) is 0 Å². The summed E-state index contributed by atoms with van der Waals surface area (Å²) >= 11 is 0. The number of carbonyl (C=O) groups excluding carboxylic acids is 1. The van der Waals surface area contributed by atoms with Gasteiger partial charge in [0.2, 0.25) is 0 Å². The van der Waals surface area contributed by atoms with E-state index in [0.717, 1.165) is 5.69 Å². The number of rotatable bonds is 4. The first kappa shape index (κ1) is 14.6. The third-order valence-electron chi connectivity index (χ3n) is 2.99. The second-order valence-corrected chi connectivity index (χ2v) is 4.78. The van der Waals surface area contributed by atoms with Crippen LogP contribution >= 0.6 is 0 Å². The van der Waals surface area contributed by atoms with Crippen molar-refractivity contribution >= 4 is 23.3 Å². The normalized spacial score (nSPS) is 10.0. The fourth-order valence-electron chi connectivity index (χ4n) is 1.86. The number of amides is 1. The highest BCUT2D eigenvalue weighted by Gasteiger charge is 2.09. The molecule has 2 aromatic carbocycles. The summed E-state index contributed by atoms with van der Waals surface area (Å²) in [4.78, 5) is 25.0. The molecule has 21 heavy (non-hydrogen) atoms. The maximum absolute atomic E-state index is 12.2. The van der Waals surface area contributed by atoms with E-state index >= 15 is 0 Å². The summed E-state index contributed by atoms with van der Waals surface area (Å²) in [6.45, 7) is 0. The molecular formula is C16H16N2O3. The van der Waals surface area contributed by atoms with Crippen molar-refractivity contribution in [2.45, 2.75) is 0 Å². The van der Waals surface area contributed by atoms with E-state index in [1.165, 1.54) is 12.1 Å². The molecule has 0 radical (unpaired) electrons. The van der Waals surface area contributed by atoms with Crippen LogP contribution < -0.4 is 10.2 Å². The molecule has 2 N–H and O–H groups in total. The number of hydrogen-bond donors (Lipinski definition) is 2. The maximum atomic E-state index is 12.2. The second kappa shape index (κ2) is 6.09. The lowest BCUT2D eigenvalue weighted by Crippen LogP contribution is -2.14. The van der Waals surface area contributed by atoms with Crippen LogP contribution in [-0.4, -0.2) is 31.1 Å². The van der Waals surface area contributed by atoms with E-state index in [9.17, 15) is 9.59 Å². The maximum Gasteiger partial charge on any atom is 0.335 e. The molecule has 0 heterocycles. The van der Waals surface area contributed by atoms with Crippen molar-refractivity contribution in [2.24, 2.45) is 0 Å². The van der Waals surface area contributed by atoms with Crippen LogP contribution in [0.5, 0.6) is 0 Å². The van der Waals surface area contributed by atoms with Gasteiger partial charge in [0.25, 0.3) is 5.91 Å². The van der Waals surface area contributed by atoms with Gasteiger partial charge in [-0.2, -0.15) is 0 Å². The summed E-state index contributed by atoms with van der Waals surface area (Å²) in [5.74, 6) is -1.30. The molecule has 0 fully saturated rings. The molecule has 0 aromatic heterocycles. The van der Waals surface area contributed by atoms with E-state index in [4.69, 9.17) is 5.11 Å². The predicted molar refractivity (Wildman–Crippen MR) is 82.1 cm³/mol. The van der Waals surface area contributed by atoms with Gasteiger partial charge < -0.3 is 15.3 Å². The molecule has 0 saturated heterocycles. The fourth-order valence-corrected chi connectivity index (χ4v) is 1.86. The number of nitrogens with zero attached hydrogens (tertiary/aromatic N) is 1. The Balaban J connectivity index is 2.20. The minimum atomic E-state index is -1.03. The largest absolute Gasteiger partial charge is 0.478 e. The molecule has 5 heteroatoms. The Hall–Kier alpha value is -2.82. The number of carboxylic acids is 1. The second-order valence-electron chi connectivity index (χ2n) is 4.78. The first-order chi connectivity index (χ1) is 9.97. The van der Waals surface area contributed by atoms with Crippen LogP contribution in [0.4, 0.5) is 11.4 Å². The molecule has 0 atom stereocenters. The molecule has 0 saturated carbocycles. The molecule has 5 nitrogen and oxygen atoms in total. The summed E-state index contributed by atoms with van der Waals surface area (Å²) in [6.07, 6.45) is 0. The molecule has 0 bridgehead atoms. The van der Waals surface area contributed by atoms with Gasteiger partial charge in [-0.3, -0.25) is 4.79 Å². The number of benzene rings is 2. The van der Waals surface area contributed by atoms with E-state index in [1.54, 1.807) is 30.3 Å². The molecule has 0 spiro atoms. The van der Waals surface area contributed by atoms with Gasteiger partial charge in [-0.05, 0) is 36.4 Å². The summed E-state index contributed by atoms with van der Waals surface area (Å²) in [6, 6.07) is 13.3. The van der Waals surface area contributed by atoms with Crippen LogP contribution in [0.15, 0.2) is 48.5 Å². The van der Waals surface area contributed by atoms with Gasteiger partial charge in [-0.25, -0.2) is 4.79 Å². The predicted octanol–water partition coefficient (Wildman–Crippen LogP) is 2.70. The summed E-state index contributed by atoms with van der Waals surface area (Å²) < 4.78 is 0. The number of aromatic carboxylic acids is 1. The molecule has 0 aliphatic rings. The molecular weight excluding hydrogens is 268 g/mol. The van der Waals surface area contributed by atoms with Crippen molar-refractivity contribution < 1.29 is 14.7 Å². The number of carbonyl (C=O) groups is 2. The van der Waals surface area contributed by atoms with E-state index in [1.807, 2.05) is 25.1 Å². The summed E-state index contributed by atoms with van der Waals surface area (Å²) in [5.41, 5.74) is 2.02. The van der Waals surface area contributed by atoms with Crippen LogP contribution in [0.1, 0.15) is 20.7 Å². The zero-order valence-electron chi connectivity index (χ0n) is 11.8.